The summed E-state index contributed by atoms with van der Waals surface area (Å²) in [6.07, 6.45) is 6.34. The molecular formula is C19H28ClN3O2. The van der Waals surface area contributed by atoms with Crippen molar-refractivity contribution in [3.8, 4) is 5.75 Å². The topological polar surface area (TPSA) is 36.0 Å². The molecule has 1 aliphatic carbocycles. The highest BCUT2D eigenvalue weighted by molar-refractivity contribution is 5.85. The van der Waals surface area contributed by atoms with Crippen molar-refractivity contribution >= 4 is 18.3 Å². The van der Waals surface area contributed by atoms with Crippen molar-refractivity contribution in [2.45, 2.75) is 31.8 Å². The van der Waals surface area contributed by atoms with Crippen molar-refractivity contribution in [2.24, 2.45) is 0 Å². The van der Waals surface area contributed by atoms with E-state index in [2.05, 4.69) is 41.4 Å². The van der Waals surface area contributed by atoms with Crippen LogP contribution in [0.25, 0.3) is 0 Å². The van der Waals surface area contributed by atoms with Crippen LogP contribution >= 0.6 is 12.4 Å². The maximum atomic E-state index is 12.1. The zero-order valence-corrected chi connectivity index (χ0v) is 16.3. The molecular weight excluding hydrogens is 338 g/mol. The van der Waals surface area contributed by atoms with Crippen LogP contribution in [0.2, 0.25) is 0 Å². The second kappa shape index (κ2) is 8.00. The fourth-order valence-corrected chi connectivity index (χ4v) is 3.79. The molecule has 3 rings (SSSR count). The van der Waals surface area contributed by atoms with Gasteiger partial charge < -0.3 is 19.4 Å². The van der Waals surface area contributed by atoms with Gasteiger partial charge in [-0.15, -0.1) is 12.4 Å². The average molecular weight is 366 g/mol. The number of aryl methyl sites for hydroxylation is 1. The van der Waals surface area contributed by atoms with Crippen LogP contribution in [0.3, 0.4) is 0 Å². The molecule has 0 unspecified atom stereocenters. The summed E-state index contributed by atoms with van der Waals surface area (Å²) >= 11 is 0. The van der Waals surface area contributed by atoms with E-state index in [4.69, 9.17) is 4.74 Å². The third-order valence-corrected chi connectivity index (χ3v) is 5.31. The molecule has 1 heterocycles. The number of benzene rings is 1. The Morgan fingerprint density at radius 1 is 1.28 bits per heavy atom. The molecule has 25 heavy (non-hydrogen) atoms. The number of carbonyl (C=O) groups excluding carboxylic acids is 1. The molecule has 0 fully saturated rings. The molecule has 0 aromatic heterocycles. The summed E-state index contributed by atoms with van der Waals surface area (Å²) in [5, 5.41) is 0. The minimum atomic E-state index is 0. The van der Waals surface area contributed by atoms with Crippen LogP contribution in [0.1, 0.15) is 30.5 Å². The number of halogens is 1. The highest BCUT2D eigenvalue weighted by Crippen LogP contribution is 2.38. The molecule has 6 heteroatoms. The molecule has 0 radical (unpaired) electrons. The minimum Gasteiger partial charge on any atom is -0.497 e. The summed E-state index contributed by atoms with van der Waals surface area (Å²) in [6.45, 7) is 3.65. The van der Waals surface area contributed by atoms with Gasteiger partial charge >= 0.3 is 0 Å². The molecule has 1 aliphatic heterocycles. The summed E-state index contributed by atoms with van der Waals surface area (Å²) in [5.41, 5.74) is 2.54. The average Bonchev–Trinajstić information content (AvgIpc) is 2.60. The number of methoxy groups -OCH3 is 1. The monoisotopic (exact) mass is 365 g/mol. The molecule has 0 saturated heterocycles. The Morgan fingerprint density at radius 2 is 2.04 bits per heavy atom. The first-order valence-electron chi connectivity index (χ1n) is 8.55. The van der Waals surface area contributed by atoms with Gasteiger partial charge in [-0.2, -0.15) is 0 Å². The van der Waals surface area contributed by atoms with Crippen molar-refractivity contribution in [1.29, 1.82) is 0 Å². The normalized spacial score (nSPS) is 22.1. The second-order valence-corrected chi connectivity index (χ2v) is 6.76. The summed E-state index contributed by atoms with van der Waals surface area (Å²) in [7, 11) is 5.70. The van der Waals surface area contributed by atoms with E-state index >= 15 is 0 Å². The van der Waals surface area contributed by atoms with Gasteiger partial charge in [0.2, 0.25) is 5.91 Å². The van der Waals surface area contributed by atoms with E-state index in [1.54, 1.807) is 14.0 Å². The third-order valence-electron chi connectivity index (χ3n) is 5.31. The lowest BCUT2D eigenvalue weighted by atomic mass is 9.82. The van der Waals surface area contributed by atoms with Gasteiger partial charge in [0.15, 0.2) is 0 Å². The van der Waals surface area contributed by atoms with Gasteiger partial charge in [-0.3, -0.25) is 4.79 Å². The van der Waals surface area contributed by atoms with E-state index < -0.39 is 0 Å². The first-order valence-corrected chi connectivity index (χ1v) is 8.55. The van der Waals surface area contributed by atoms with Crippen LogP contribution in [0, 0.1) is 0 Å². The van der Waals surface area contributed by atoms with Crippen molar-refractivity contribution < 1.29 is 9.53 Å². The van der Waals surface area contributed by atoms with Crippen LogP contribution in [0.15, 0.2) is 30.6 Å². The number of fused-ring (bicyclic) bond motifs is 1. The van der Waals surface area contributed by atoms with Crippen molar-refractivity contribution in [3.05, 3.63) is 41.7 Å². The molecule has 0 spiro atoms. The molecule has 1 aromatic carbocycles. The smallest absolute Gasteiger partial charge is 0.219 e. The van der Waals surface area contributed by atoms with Crippen LogP contribution < -0.4 is 4.74 Å². The summed E-state index contributed by atoms with van der Waals surface area (Å²) in [6, 6.07) is 6.63. The number of hydrogen-bond donors (Lipinski definition) is 0. The van der Waals surface area contributed by atoms with E-state index in [-0.39, 0.29) is 24.4 Å². The molecule has 5 nitrogen and oxygen atoms in total. The molecule has 1 aromatic rings. The number of ether oxygens (including phenoxy) is 1. The van der Waals surface area contributed by atoms with Gasteiger partial charge in [-0.05, 0) is 36.1 Å². The van der Waals surface area contributed by atoms with Gasteiger partial charge in [0, 0.05) is 46.5 Å². The lowest BCUT2D eigenvalue weighted by Gasteiger charge is -2.45. The van der Waals surface area contributed by atoms with E-state index in [9.17, 15) is 4.79 Å². The van der Waals surface area contributed by atoms with Crippen LogP contribution in [-0.4, -0.2) is 60.9 Å². The van der Waals surface area contributed by atoms with Crippen molar-refractivity contribution in [1.82, 2.24) is 14.7 Å². The summed E-state index contributed by atoms with van der Waals surface area (Å²) in [4.78, 5) is 18.6. The summed E-state index contributed by atoms with van der Waals surface area (Å²) < 4.78 is 5.37. The highest BCUT2D eigenvalue weighted by Gasteiger charge is 2.36. The zero-order valence-electron chi connectivity index (χ0n) is 15.4. The maximum absolute atomic E-state index is 12.1. The molecule has 2 aliphatic rings. The lowest BCUT2D eigenvalue weighted by Crippen LogP contribution is -2.49. The molecule has 0 N–H and O–H groups in total. The quantitative estimate of drug-likeness (QED) is 0.825. The first-order chi connectivity index (χ1) is 11.5. The van der Waals surface area contributed by atoms with E-state index in [0.29, 0.717) is 6.04 Å². The third kappa shape index (κ3) is 3.87. The minimum absolute atomic E-state index is 0. The molecule has 2 atom stereocenters. The first kappa shape index (κ1) is 19.4. The molecule has 1 amide bonds. The zero-order chi connectivity index (χ0) is 17.3. The standard InChI is InChI=1S/C19H27N3O2.ClH/c1-14(23)21(3)19-17-7-6-16(24-4)13-15(17)5-8-18(19)22-11-9-20(2)10-12-22;/h6-7,9,11,13,18-19H,5,8,10,12H2,1-4H3;1H/t18-,19-;/m0./s1. The number of likely N-dealkylation sites (N-methyl/N-ethyl adjacent to an activating group) is 2. The van der Waals surface area contributed by atoms with Crippen LogP contribution in [0.5, 0.6) is 5.75 Å². The van der Waals surface area contributed by atoms with Crippen molar-refractivity contribution in [3.63, 3.8) is 0 Å². The van der Waals surface area contributed by atoms with Gasteiger partial charge in [-0.1, -0.05) is 6.07 Å². The Balaban J connectivity index is 0.00000225. The Bertz CT molecular complexity index is 650. The van der Waals surface area contributed by atoms with Gasteiger partial charge in [0.05, 0.1) is 19.2 Å². The van der Waals surface area contributed by atoms with Gasteiger partial charge in [-0.25, -0.2) is 0 Å². The molecule has 0 bridgehead atoms. The highest BCUT2D eigenvalue weighted by atomic mass is 35.5. The number of carbonyl (C=O) groups is 1. The maximum Gasteiger partial charge on any atom is 0.219 e. The molecule has 138 valence electrons. The van der Waals surface area contributed by atoms with Crippen LogP contribution in [-0.2, 0) is 11.2 Å². The predicted molar refractivity (Wildman–Crippen MR) is 102 cm³/mol. The number of rotatable bonds is 3. The number of hydrogen-bond acceptors (Lipinski definition) is 4. The Labute approximate surface area is 156 Å². The Morgan fingerprint density at radius 3 is 2.64 bits per heavy atom. The van der Waals surface area contributed by atoms with E-state index in [1.807, 2.05) is 18.0 Å². The Kier molecular flexibility index (Phi) is 6.22. The van der Waals surface area contributed by atoms with Gasteiger partial charge in [0.1, 0.15) is 5.75 Å². The number of nitrogens with zero attached hydrogens (tertiary/aromatic N) is 3. The van der Waals surface area contributed by atoms with Crippen molar-refractivity contribution in [2.75, 3.05) is 34.3 Å². The SMILES string of the molecule is COc1ccc2c(c1)CC[C@H](N1C=CN(C)CC1)[C@H]2N(C)C(C)=O.Cl. The predicted octanol–water partition coefficient (Wildman–Crippen LogP) is 2.67. The number of amides is 1. The fraction of sp³-hybridized carbons (Fsp3) is 0.526. The largest absolute Gasteiger partial charge is 0.497 e. The fourth-order valence-electron chi connectivity index (χ4n) is 3.79. The molecule has 0 saturated carbocycles. The van der Waals surface area contributed by atoms with E-state index in [0.717, 1.165) is 31.7 Å². The second-order valence-electron chi connectivity index (χ2n) is 6.76. The summed E-state index contributed by atoms with van der Waals surface area (Å²) in [5.74, 6) is 0.989. The van der Waals surface area contributed by atoms with Gasteiger partial charge in [0.25, 0.3) is 0 Å². The lowest BCUT2D eigenvalue weighted by molar-refractivity contribution is -0.131. The van der Waals surface area contributed by atoms with Crippen LogP contribution in [0.4, 0.5) is 0 Å². The van der Waals surface area contributed by atoms with E-state index in [1.165, 1.54) is 11.1 Å². The Hall–Kier alpha value is -1.88.